The first-order valence-corrected chi connectivity index (χ1v) is 5.94. The first kappa shape index (κ1) is 11.9. The molecule has 1 aromatic rings. The van der Waals surface area contributed by atoms with Crippen LogP contribution in [0.25, 0.3) is 0 Å². The number of rotatable bonds is 4. The number of hydrogen-bond donors (Lipinski definition) is 2. The molecule has 0 aliphatic heterocycles. The molecule has 1 fully saturated rings. The maximum absolute atomic E-state index is 13.6. The van der Waals surface area contributed by atoms with Crippen molar-refractivity contribution in [2.24, 2.45) is 5.92 Å². The van der Waals surface area contributed by atoms with Crippen molar-refractivity contribution < 1.29 is 14.3 Å². The van der Waals surface area contributed by atoms with Gasteiger partial charge in [0.2, 0.25) is 0 Å². The molecule has 0 radical (unpaired) electrons. The molecule has 0 aromatic heterocycles. The molecule has 0 bridgehead atoms. The van der Waals surface area contributed by atoms with Crippen molar-refractivity contribution >= 4 is 11.7 Å². The smallest absolute Gasteiger partial charge is 0.337 e. The number of carboxylic acids is 1. The molecular formula is C13H16FNO2. The van der Waals surface area contributed by atoms with Crippen molar-refractivity contribution in [3.63, 3.8) is 0 Å². The summed E-state index contributed by atoms with van der Waals surface area (Å²) in [5.41, 5.74) is 0.120. The molecular weight excluding hydrogens is 221 g/mol. The predicted octanol–water partition coefficient (Wildman–Crippen LogP) is 3.13. The van der Waals surface area contributed by atoms with E-state index >= 15 is 0 Å². The van der Waals surface area contributed by atoms with Crippen molar-refractivity contribution in [2.75, 3.05) is 11.9 Å². The second-order valence-electron chi connectivity index (χ2n) is 4.50. The molecule has 3 nitrogen and oxygen atoms in total. The van der Waals surface area contributed by atoms with Crippen LogP contribution in [0.1, 0.15) is 36.0 Å². The molecule has 0 amide bonds. The molecule has 0 saturated heterocycles. The van der Waals surface area contributed by atoms with Crippen LogP contribution >= 0.6 is 0 Å². The van der Waals surface area contributed by atoms with Crippen LogP contribution in [0, 0.1) is 11.7 Å². The third kappa shape index (κ3) is 2.75. The van der Waals surface area contributed by atoms with Crippen LogP contribution in [0.5, 0.6) is 0 Å². The Bertz CT molecular complexity index is 414. The van der Waals surface area contributed by atoms with Crippen LogP contribution in [0.2, 0.25) is 0 Å². The van der Waals surface area contributed by atoms with Gasteiger partial charge in [0.15, 0.2) is 0 Å². The first-order chi connectivity index (χ1) is 8.18. The largest absolute Gasteiger partial charge is 0.478 e. The van der Waals surface area contributed by atoms with E-state index in [1.807, 2.05) is 0 Å². The lowest BCUT2D eigenvalue weighted by Gasteiger charge is -2.14. The molecule has 1 aliphatic carbocycles. The van der Waals surface area contributed by atoms with Crippen LogP contribution < -0.4 is 5.32 Å². The van der Waals surface area contributed by atoms with E-state index in [2.05, 4.69) is 5.32 Å². The Morgan fingerprint density at radius 3 is 2.76 bits per heavy atom. The third-order valence-electron chi connectivity index (χ3n) is 3.29. The summed E-state index contributed by atoms with van der Waals surface area (Å²) in [6, 6.07) is 4.12. The summed E-state index contributed by atoms with van der Waals surface area (Å²) in [4.78, 5) is 11.0. The van der Waals surface area contributed by atoms with E-state index in [1.54, 1.807) is 0 Å². The molecule has 1 saturated carbocycles. The van der Waals surface area contributed by atoms with Crippen LogP contribution in [-0.4, -0.2) is 17.6 Å². The Kier molecular flexibility index (Phi) is 3.61. The molecule has 0 spiro atoms. The fourth-order valence-electron chi connectivity index (χ4n) is 2.34. The summed E-state index contributed by atoms with van der Waals surface area (Å²) >= 11 is 0. The van der Waals surface area contributed by atoms with E-state index in [9.17, 15) is 9.18 Å². The minimum Gasteiger partial charge on any atom is -0.478 e. The molecule has 4 heteroatoms. The first-order valence-electron chi connectivity index (χ1n) is 5.94. The van der Waals surface area contributed by atoms with E-state index < -0.39 is 11.8 Å². The number of carbonyl (C=O) groups is 1. The summed E-state index contributed by atoms with van der Waals surface area (Å²) in [7, 11) is 0. The molecule has 2 N–H and O–H groups in total. The molecule has 0 heterocycles. The van der Waals surface area contributed by atoms with Gasteiger partial charge in [-0.2, -0.15) is 0 Å². The number of carboxylic acid groups (broad SMARTS) is 1. The highest BCUT2D eigenvalue weighted by molar-refractivity contribution is 5.94. The average molecular weight is 237 g/mol. The standard InChI is InChI=1S/C13H16FNO2/c14-11-7-3-6-10(13(16)17)12(11)15-8-9-4-1-2-5-9/h3,6-7,9,15H,1-2,4-5,8H2,(H,16,17). The fraction of sp³-hybridized carbons (Fsp3) is 0.462. The number of halogens is 1. The molecule has 2 rings (SSSR count). The average Bonchev–Trinajstić information content (AvgIpc) is 2.80. The van der Waals surface area contributed by atoms with Gasteiger partial charge in [-0.25, -0.2) is 9.18 Å². The van der Waals surface area contributed by atoms with Gasteiger partial charge in [-0.05, 0) is 30.9 Å². The van der Waals surface area contributed by atoms with Crippen molar-refractivity contribution in [3.05, 3.63) is 29.6 Å². The van der Waals surface area contributed by atoms with Gasteiger partial charge in [-0.15, -0.1) is 0 Å². The van der Waals surface area contributed by atoms with Gasteiger partial charge < -0.3 is 10.4 Å². The number of hydrogen-bond acceptors (Lipinski definition) is 2. The Morgan fingerprint density at radius 2 is 2.12 bits per heavy atom. The molecule has 0 unspecified atom stereocenters. The van der Waals surface area contributed by atoms with Gasteiger partial charge in [-0.1, -0.05) is 18.9 Å². The zero-order valence-electron chi connectivity index (χ0n) is 9.58. The van der Waals surface area contributed by atoms with Gasteiger partial charge in [0.25, 0.3) is 0 Å². The second-order valence-corrected chi connectivity index (χ2v) is 4.50. The number of anilines is 1. The highest BCUT2D eigenvalue weighted by atomic mass is 19.1. The van der Waals surface area contributed by atoms with Crippen LogP contribution in [0.4, 0.5) is 10.1 Å². The number of aromatic carboxylic acids is 1. The van der Waals surface area contributed by atoms with E-state index in [4.69, 9.17) is 5.11 Å². The highest BCUT2D eigenvalue weighted by Crippen LogP contribution is 2.26. The van der Waals surface area contributed by atoms with Gasteiger partial charge in [0.05, 0.1) is 11.3 Å². The summed E-state index contributed by atoms with van der Waals surface area (Å²) < 4.78 is 13.6. The van der Waals surface area contributed by atoms with Gasteiger partial charge in [-0.3, -0.25) is 0 Å². The minimum absolute atomic E-state index is 0.00277. The maximum Gasteiger partial charge on any atom is 0.337 e. The van der Waals surface area contributed by atoms with Gasteiger partial charge >= 0.3 is 5.97 Å². The zero-order chi connectivity index (χ0) is 12.3. The molecule has 1 aliphatic rings. The second kappa shape index (κ2) is 5.17. The monoisotopic (exact) mass is 237 g/mol. The quantitative estimate of drug-likeness (QED) is 0.845. The van der Waals surface area contributed by atoms with Crippen molar-refractivity contribution in [1.82, 2.24) is 0 Å². The van der Waals surface area contributed by atoms with Crippen molar-refractivity contribution in [3.8, 4) is 0 Å². The Balaban J connectivity index is 2.10. The highest BCUT2D eigenvalue weighted by Gasteiger charge is 2.18. The maximum atomic E-state index is 13.6. The Hall–Kier alpha value is -1.58. The summed E-state index contributed by atoms with van der Waals surface area (Å²) in [5, 5.41) is 11.9. The van der Waals surface area contributed by atoms with E-state index in [0.717, 1.165) is 12.8 Å². The van der Waals surface area contributed by atoms with Gasteiger partial charge in [0, 0.05) is 6.54 Å². The third-order valence-corrected chi connectivity index (χ3v) is 3.29. The summed E-state index contributed by atoms with van der Waals surface area (Å²) in [6.07, 6.45) is 4.72. The number of para-hydroxylation sites is 1. The molecule has 92 valence electrons. The lowest BCUT2D eigenvalue weighted by Crippen LogP contribution is -2.15. The summed E-state index contributed by atoms with van der Waals surface area (Å²) in [5.74, 6) is -1.06. The Morgan fingerprint density at radius 1 is 1.41 bits per heavy atom. The predicted molar refractivity (Wildman–Crippen MR) is 63.8 cm³/mol. The molecule has 0 atom stereocenters. The zero-order valence-corrected chi connectivity index (χ0v) is 9.58. The number of benzene rings is 1. The minimum atomic E-state index is -1.10. The fourth-order valence-corrected chi connectivity index (χ4v) is 2.34. The normalized spacial score (nSPS) is 16.1. The lowest BCUT2D eigenvalue weighted by molar-refractivity contribution is 0.0697. The molecule has 1 aromatic carbocycles. The Labute approximate surface area is 99.7 Å². The van der Waals surface area contributed by atoms with E-state index in [1.165, 1.54) is 31.0 Å². The van der Waals surface area contributed by atoms with E-state index in [0.29, 0.717) is 12.5 Å². The van der Waals surface area contributed by atoms with E-state index in [-0.39, 0.29) is 11.3 Å². The SMILES string of the molecule is O=C(O)c1cccc(F)c1NCC1CCCC1. The lowest BCUT2D eigenvalue weighted by atomic mass is 10.1. The van der Waals surface area contributed by atoms with Gasteiger partial charge in [0.1, 0.15) is 5.82 Å². The van der Waals surface area contributed by atoms with Crippen molar-refractivity contribution in [2.45, 2.75) is 25.7 Å². The summed E-state index contributed by atoms with van der Waals surface area (Å²) in [6.45, 7) is 0.654. The van der Waals surface area contributed by atoms with Crippen LogP contribution in [0.15, 0.2) is 18.2 Å². The topological polar surface area (TPSA) is 49.3 Å². The van der Waals surface area contributed by atoms with Crippen LogP contribution in [0.3, 0.4) is 0 Å². The number of nitrogens with one attached hydrogen (secondary N) is 1. The van der Waals surface area contributed by atoms with Crippen molar-refractivity contribution in [1.29, 1.82) is 0 Å². The van der Waals surface area contributed by atoms with Crippen LogP contribution in [-0.2, 0) is 0 Å². The molecule has 17 heavy (non-hydrogen) atoms.